The van der Waals surface area contributed by atoms with Crippen LogP contribution in [-0.2, 0) is 13.3 Å². The summed E-state index contributed by atoms with van der Waals surface area (Å²) in [6.07, 6.45) is 1.63. The molecule has 2 aromatic carbocycles. The van der Waals surface area contributed by atoms with Crippen LogP contribution >= 0.6 is 0 Å². The van der Waals surface area contributed by atoms with Gasteiger partial charge in [0.25, 0.3) is 5.91 Å². The Morgan fingerprint density at radius 2 is 1.88 bits per heavy atom. The van der Waals surface area contributed by atoms with Crippen molar-refractivity contribution in [2.24, 2.45) is 0 Å². The summed E-state index contributed by atoms with van der Waals surface area (Å²) in [5.74, 6) is 0.0373. The van der Waals surface area contributed by atoms with Crippen molar-refractivity contribution in [1.82, 2.24) is 19.6 Å². The SMILES string of the molecule is Cc1cccc(CN2CCN(C(=O)c3ccn(COc4ccccc4[N+](=O)[O-])n3)CC2)c1. The highest BCUT2D eigenvalue weighted by Gasteiger charge is 2.24. The lowest BCUT2D eigenvalue weighted by Gasteiger charge is -2.34. The highest BCUT2D eigenvalue weighted by atomic mass is 16.6. The number of carbonyl (C=O) groups is 1. The Bertz CT molecular complexity index is 1110. The number of nitro groups is 1. The second-order valence-corrected chi connectivity index (χ2v) is 7.80. The normalized spacial score (nSPS) is 14.3. The number of carbonyl (C=O) groups excluding carboxylic acids is 1. The fourth-order valence-electron chi connectivity index (χ4n) is 3.75. The van der Waals surface area contributed by atoms with Crippen molar-refractivity contribution >= 4 is 11.6 Å². The number of piperazine rings is 1. The molecule has 2 heterocycles. The van der Waals surface area contributed by atoms with Gasteiger partial charge in [-0.1, -0.05) is 42.0 Å². The van der Waals surface area contributed by atoms with Crippen LogP contribution in [0.1, 0.15) is 21.6 Å². The molecule has 0 N–H and O–H groups in total. The van der Waals surface area contributed by atoms with E-state index in [2.05, 4.69) is 41.2 Å². The number of benzene rings is 2. The van der Waals surface area contributed by atoms with Crippen LogP contribution in [0, 0.1) is 17.0 Å². The van der Waals surface area contributed by atoms with E-state index in [0.717, 1.165) is 19.6 Å². The fourth-order valence-corrected chi connectivity index (χ4v) is 3.75. The average Bonchev–Trinajstić information content (AvgIpc) is 3.27. The zero-order chi connectivity index (χ0) is 22.5. The average molecular weight is 435 g/mol. The Hall–Kier alpha value is -3.72. The van der Waals surface area contributed by atoms with E-state index in [-0.39, 0.29) is 24.1 Å². The minimum Gasteiger partial charge on any atom is -0.464 e. The van der Waals surface area contributed by atoms with Crippen LogP contribution in [0.2, 0.25) is 0 Å². The van der Waals surface area contributed by atoms with Gasteiger partial charge in [-0.05, 0) is 24.6 Å². The van der Waals surface area contributed by atoms with E-state index in [0.29, 0.717) is 18.8 Å². The molecule has 3 aromatic rings. The molecule has 32 heavy (non-hydrogen) atoms. The maximum absolute atomic E-state index is 12.8. The Labute approximate surface area is 186 Å². The second kappa shape index (κ2) is 9.61. The van der Waals surface area contributed by atoms with Crippen LogP contribution in [0.4, 0.5) is 5.69 Å². The van der Waals surface area contributed by atoms with Gasteiger partial charge < -0.3 is 9.64 Å². The molecular formula is C23H25N5O4. The molecule has 0 saturated carbocycles. The standard InChI is InChI=1S/C23H25N5O4/c1-18-5-4-6-19(15-18)16-25-11-13-26(14-12-25)23(29)20-9-10-27(24-20)17-32-22-8-3-2-7-21(22)28(30)31/h2-10,15H,11-14,16-17H2,1H3. The lowest BCUT2D eigenvalue weighted by molar-refractivity contribution is -0.386. The van der Waals surface area contributed by atoms with Crippen molar-refractivity contribution < 1.29 is 14.5 Å². The Balaban J connectivity index is 1.30. The van der Waals surface area contributed by atoms with Gasteiger partial charge >= 0.3 is 5.69 Å². The molecule has 1 amide bonds. The molecule has 9 nitrogen and oxygen atoms in total. The van der Waals surface area contributed by atoms with Crippen molar-refractivity contribution in [2.45, 2.75) is 20.2 Å². The van der Waals surface area contributed by atoms with Gasteiger partial charge in [0.05, 0.1) is 4.92 Å². The highest BCUT2D eigenvalue weighted by molar-refractivity contribution is 5.92. The predicted molar refractivity (Wildman–Crippen MR) is 118 cm³/mol. The summed E-state index contributed by atoms with van der Waals surface area (Å²) < 4.78 is 6.99. The maximum Gasteiger partial charge on any atom is 0.311 e. The molecule has 1 aromatic heterocycles. The van der Waals surface area contributed by atoms with Crippen LogP contribution in [-0.4, -0.2) is 56.6 Å². The van der Waals surface area contributed by atoms with Crippen LogP contribution in [0.25, 0.3) is 0 Å². The first kappa shape index (κ1) is 21.5. The van der Waals surface area contributed by atoms with Gasteiger partial charge in [0, 0.05) is 45.0 Å². The highest BCUT2D eigenvalue weighted by Crippen LogP contribution is 2.26. The van der Waals surface area contributed by atoms with Crippen molar-refractivity contribution in [2.75, 3.05) is 26.2 Å². The van der Waals surface area contributed by atoms with Crippen LogP contribution in [0.5, 0.6) is 5.75 Å². The molecule has 0 atom stereocenters. The molecule has 0 spiro atoms. The van der Waals surface area contributed by atoms with E-state index in [1.807, 2.05) is 4.90 Å². The molecule has 0 aliphatic carbocycles. The Kier molecular flexibility index (Phi) is 6.46. The van der Waals surface area contributed by atoms with Gasteiger partial charge in [-0.25, -0.2) is 4.68 Å². The summed E-state index contributed by atoms with van der Waals surface area (Å²) in [5, 5.41) is 15.4. The van der Waals surface area contributed by atoms with E-state index in [4.69, 9.17) is 4.74 Å². The largest absolute Gasteiger partial charge is 0.464 e. The summed E-state index contributed by atoms with van der Waals surface area (Å²) in [6, 6.07) is 16.3. The van der Waals surface area contributed by atoms with Crippen molar-refractivity contribution in [3.63, 3.8) is 0 Å². The van der Waals surface area contributed by atoms with Crippen molar-refractivity contribution in [1.29, 1.82) is 0 Å². The zero-order valence-electron chi connectivity index (χ0n) is 17.9. The van der Waals surface area contributed by atoms with E-state index in [9.17, 15) is 14.9 Å². The number of aromatic nitrogens is 2. The van der Waals surface area contributed by atoms with Gasteiger partial charge in [0.1, 0.15) is 0 Å². The lowest BCUT2D eigenvalue weighted by atomic mass is 10.1. The van der Waals surface area contributed by atoms with Crippen molar-refractivity contribution in [3.05, 3.63) is 87.7 Å². The van der Waals surface area contributed by atoms with Gasteiger partial charge in [-0.2, -0.15) is 5.10 Å². The summed E-state index contributed by atoms with van der Waals surface area (Å²) in [7, 11) is 0. The number of ether oxygens (including phenoxy) is 1. The number of para-hydroxylation sites is 2. The summed E-state index contributed by atoms with van der Waals surface area (Å²) in [4.78, 5) is 27.6. The first-order valence-corrected chi connectivity index (χ1v) is 10.5. The summed E-state index contributed by atoms with van der Waals surface area (Å²) >= 11 is 0. The molecule has 1 aliphatic heterocycles. The molecular weight excluding hydrogens is 410 g/mol. The molecule has 0 unspecified atom stereocenters. The first-order chi connectivity index (χ1) is 15.5. The van der Waals surface area contributed by atoms with E-state index in [1.54, 1.807) is 24.4 Å². The third kappa shape index (κ3) is 5.12. The van der Waals surface area contributed by atoms with E-state index < -0.39 is 4.92 Å². The molecule has 9 heteroatoms. The number of aryl methyl sites for hydroxylation is 1. The Morgan fingerprint density at radius 3 is 2.62 bits per heavy atom. The number of rotatable bonds is 7. The van der Waals surface area contributed by atoms with Crippen LogP contribution in [0.3, 0.4) is 0 Å². The van der Waals surface area contributed by atoms with Gasteiger partial charge in [-0.3, -0.25) is 19.8 Å². The molecule has 0 bridgehead atoms. The van der Waals surface area contributed by atoms with Gasteiger partial charge in [-0.15, -0.1) is 0 Å². The van der Waals surface area contributed by atoms with Gasteiger partial charge in [0.15, 0.2) is 18.2 Å². The lowest BCUT2D eigenvalue weighted by Crippen LogP contribution is -2.48. The number of amides is 1. The number of hydrogen-bond donors (Lipinski definition) is 0. The number of hydrogen-bond acceptors (Lipinski definition) is 6. The summed E-state index contributed by atoms with van der Waals surface area (Å²) in [6.45, 7) is 5.84. The minimum atomic E-state index is -0.494. The van der Waals surface area contributed by atoms with Gasteiger partial charge in [0.2, 0.25) is 0 Å². The molecule has 4 rings (SSSR count). The zero-order valence-corrected chi connectivity index (χ0v) is 17.9. The van der Waals surface area contributed by atoms with Crippen LogP contribution in [0.15, 0.2) is 60.8 Å². The molecule has 1 aliphatic rings. The Morgan fingerprint density at radius 1 is 1.09 bits per heavy atom. The molecule has 1 saturated heterocycles. The first-order valence-electron chi connectivity index (χ1n) is 10.5. The summed E-state index contributed by atoms with van der Waals surface area (Å²) in [5.41, 5.74) is 2.75. The third-order valence-electron chi connectivity index (χ3n) is 5.42. The smallest absolute Gasteiger partial charge is 0.311 e. The topological polar surface area (TPSA) is 93.7 Å². The van der Waals surface area contributed by atoms with E-state index in [1.165, 1.54) is 27.9 Å². The molecule has 1 fully saturated rings. The molecule has 166 valence electrons. The number of nitro benzene ring substituents is 1. The van der Waals surface area contributed by atoms with Crippen molar-refractivity contribution in [3.8, 4) is 5.75 Å². The predicted octanol–water partition coefficient (Wildman–Crippen LogP) is 3.09. The maximum atomic E-state index is 12.8. The molecule has 0 radical (unpaired) electrons. The second-order valence-electron chi connectivity index (χ2n) is 7.80. The monoisotopic (exact) mass is 435 g/mol. The van der Waals surface area contributed by atoms with Crippen LogP contribution < -0.4 is 4.74 Å². The minimum absolute atomic E-state index is 0.0254. The fraction of sp³-hybridized carbons (Fsp3) is 0.304. The number of nitrogens with zero attached hydrogens (tertiary/aromatic N) is 5. The quantitative estimate of drug-likeness (QED) is 0.418. The third-order valence-corrected chi connectivity index (χ3v) is 5.42. The van der Waals surface area contributed by atoms with E-state index >= 15 is 0 Å².